The minimum atomic E-state index is 0.326. The molecule has 0 amide bonds. The fraction of sp³-hybridized carbons (Fsp3) is 0.579. The van der Waals surface area contributed by atoms with Gasteiger partial charge in [0.1, 0.15) is 5.01 Å². The van der Waals surface area contributed by atoms with Crippen molar-refractivity contribution in [2.45, 2.75) is 25.3 Å². The third kappa shape index (κ3) is 4.17. The molecule has 2 aliphatic heterocycles. The molecule has 0 saturated carbocycles. The van der Waals surface area contributed by atoms with Crippen molar-refractivity contribution in [1.29, 1.82) is 0 Å². The normalized spacial score (nSPS) is 21.4. The number of para-hydroxylation sites is 1. The highest BCUT2D eigenvalue weighted by Gasteiger charge is 2.30. The lowest BCUT2D eigenvalue weighted by Crippen LogP contribution is -2.41. The van der Waals surface area contributed by atoms with E-state index in [1.54, 1.807) is 11.3 Å². The number of ether oxygens (including phenoxy) is 1. The topological polar surface area (TPSA) is 40.6 Å². The molecule has 0 radical (unpaired) electrons. The van der Waals surface area contributed by atoms with Gasteiger partial charge in [0.2, 0.25) is 0 Å². The number of likely N-dealkylation sites (tertiary alicyclic amines) is 1. The van der Waals surface area contributed by atoms with Crippen LogP contribution in [-0.4, -0.2) is 65.8 Å². The molecule has 0 unspecified atom stereocenters. The van der Waals surface area contributed by atoms with Gasteiger partial charge in [-0.2, -0.15) is 0 Å². The molecule has 2 fully saturated rings. The van der Waals surface area contributed by atoms with Gasteiger partial charge in [-0.25, -0.2) is 4.98 Å². The number of nitrogens with zero attached hydrogens (tertiary/aromatic N) is 3. The van der Waals surface area contributed by atoms with E-state index < -0.39 is 0 Å². The fourth-order valence-corrected chi connectivity index (χ4v) is 5.16. The first-order chi connectivity index (χ1) is 12.8. The Labute approximate surface area is 164 Å². The number of thiocarbonyl (C=S) groups is 1. The summed E-state index contributed by atoms with van der Waals surface area (Å²) in [5.41, 5.74) is 1.10. The predicted molar refractivity (Wildman–Crippen MR) is 111 cm³/mol. The minimum Gasteiger partial charge on any atom is -0.379 e. The van der Waals surface area contributed by atoms with Gasteiger partial charge >= 0.3 is 0 Å². The van der Waals surface area contributed by atoms with Gasteiger partial charge in [-0.15, -0.1) is 11.3 Å². The molecule has 2 saturated heterocycles. The van der Waals surface area contributed by atoms with Crippen LogP contribution in [0.25, 0.3) is 10.2 Å². The lowest BCUT2D eigenvalue weighted by Gasteiger charge is -2.28. The SMILES string of the molecule is S=C(NCCCN1CCOCC1)N1CCC[C@@H]1c1nc2ccccc2s1. The Hall–Kier alpha value is -1.28. The first kappa shape index (κ1) is 18.1. The zero-order valence-corrected chi connectivity index (χ0v) is 16.7. The fourth-order valence-electron chi connectivity index (χ4n) is 3.72. The molecule has 1 atom stereocenters. The number of aromatic nitrogens is 1. The van der Waals surface area contributed by atoms with Crippen LogP contribution in [0.5, 0.6) is 0 Å². The minimum absolute atomic E-state index is 0.326. The number of benzene rings is 1. The zero-order chi connectivity index (χ0) is 17.8. The highest BCUT2D eigenvalue weighted by atomic mass is 32.1. The van der Waals surface area contributed by atoms with Crippen LogP contribution < -0.4 is 5.32 Å². The van der Waals surface area contributed by atoms with Gasteiger partial charge in [0.15, 0.2) is 5.11 Å². The van der Waals surface area contributed by atoms with E-state index in [0.29, 0.717) is 6.04 Å². The van der Waals surface area contributed by atoms with Gasteiger partial charge in [-0.05, 0) is 50.2 Å². The van der Waals surface area contributed by atoms with Gasteiger partial charge < -0.3 is 15.0 Å². The molecule has 2 aliphatic rings. The number of hydrogen-bond acceptors (Lipinski definition) is 5. The van der Waals surface area contributed by atoms with Crippen molar-refractivity contribution < 1.29 is 4.74 Å². The van der Waals surface area contributed by atoms with Crippen LogP contribution in [0.4, 0.5) is 0 Å². The predicted octanol–water partition coefficient (Wildman–Crippen LogP) is 3.03. The largest absolute Gasteiger partial charge is 0.379 e. The quantitative estimate of drug-likeness (QED) is 0.625. The molecule has 140 valence electrons. The number of fused-ring (bicyclic) bond motifs is 1. The third-order valence-electron chi connectivity index (χ3n) is 5.14. The molecule has 7 heteroatoms. The Kier molecular flexibility index (Phi) is 5.99. The number of morpholine rings is 1. The third-order valence-corrected chi connectivity index (χ3v) is 6.66. The lowest BCUT2D eigenvalue weighted by atomic mass is 10.2. The Morgan fingerprint density at radius 1 is 1.27 bits per heavy atom. The van der Waals surface area contributed by atoms with E-state index in [9.17, 15) is 0 Å². The number of hydrogen-bond donors (Lipinski definition) is 1. The maximum Gasteiger partial charge on any atom is 0.169 e. The summed E-state index contributed by atoms with van der Waals surface area (Å²) < 4.78 is 6.66. The molecule has 1 N–H and O–H groups in total. The van der Waals surface area contributed by atoms with Crippen LogP contribution >= 0.6 is 23.6 Å². The summed E-state index contributed by atoms with van der Waals surface area (Å²) in [7, 11) is 0. The van der Waals surface area contributed by atoms with Crippen molar-refractivity contribution in [2.24, 2.45) is 0 Å². The summed E-state index contributed by atoms with van der Waals surface area (Å²) in [4.78, 5) is 9.66. The van der Waals surface area contributed by atoms with Crippen LogP contribution in [0.1, 0.15) is 30.3 Å². The highest BCUT2D eigenvalue weighted by molar-refractivity contribution is 7.80. The van der Waals surface area contributed by atoms with Gasteiger partial charge in [0, 0.05) is 26.2 Å². The second-order valence-corrected chi connectivity index (χ2v) is 8.36. The molecule has 1 aromatic carbocycles. The van der Waals surface area contributed by atoms with Gasteiger partial charge in [-0.3, -0.25) is 4.90 Å². The molecular weight excluding hydrogens is 364 g/mol. The zero-order valence-electron chi connectivity index (χ0n) is 15.0. The molecule has 0 spiro atoms. The molecule has 0 aliphatic carbocycles. The van der Waals surface area contributed by atoms with E-state index in [4.69, 9.17) is 21.9 Å². The average Bonchev–Trinajstić information content (AvgIpc) is 3.32. The van der Waals surface area contributed by atoms with E-state index in [1.807, 2.05) is 0 Å². The van der Waals surface area contributed by atoms with Crippen molar-refractivity contribution in [3.63, 3.8) is 0 Å². The second kappa shape index (κ2) is 8.61. The highest BCUT2D eigenvalue weighted by Crippen LogP contribution is 2.36. The molecular formula is C19H26N4OS2. The standard InChI is InChI=1S/C19H26N4OS2/c25-19(20-8-4-9-22-11-13-24-14-12-22)23-10-3-6-16(23)18-21-15-5-1-2-7-17(15)26-18/h1-2,5,7,16H,3-4,6,8-14H2,(H,20,25)/t16-/m1/s1. The Bertz CT molecular complexity index is 711. The molecule has 4 rings (SSSR count). The Morgan fingerprint density at radius 3 is 2.96 bits per heavy atom. The summed E-state index contributed by atoms with van der Waals surface area (Å²) in [6.45, 7) is 6.90. The molecule has 5 nitrogen and oxygen atoms in total. The first-order valence-corrected chi connectivity index (χ1v) is 10.7. The van der Waals surface area contributed by atoms with Crippen molar-refractivity contribution in [3.05, 3.63) is 29.3 Å². The maximum absolute atomic E-state index is 5.70. The van der Waals surface area contributed by atoms with Crippen LogP contribution in [0.15, 0.2) is 24.3 Å². The van der Waals surface area contributed by atoms with Crippen LogP contribution in [0.3, 0.4) is 0 Å². The number of nitrogens with one attached hydrogen (secondary N) is 1. The molecule has 3 heterocycles. The maximum atomic E-state index is 5.70. The Balaban J connectivity index is 1.30. The van der Waals surface area contributed by atoms with Crippen molar-refractivity contribution in [2.75, 3.05) is 45.9 Å². The molecule has 0 bridgehead atoms. The van der Waals surface area contributed by atoms with E-state index in [-0.39, 0.29) is 0 Å². The molecule has 2 aromatic rings. The first-order valence-electron chi connectivity index (χ1n) is 9.51. The van der Waals surface area contributed by atoms with Crippen LogP contribution in [0, 0.1) is 0 Å². The van der Waals surface area contributed by atoms with Gasteiger partial charge in [0.25, 0.3) is 0 Å². The summed E-state index contributed by atoms with van der Waals surface area (Å²) in [5, 5.41) is 5.55. The summed E-state index contributed by atoms with van der Waals surface area (Å²) >= 11 is 7.50. The average molecular weight is 391 g/mol. The van der Waals surface area contributed by atoms with Crippen molar-refractivity contribution in [3.8, 4) is 0 Å². The van der Waals surface area contributed by atoms with E-state index >= 15 is 0 Å². The monoisotopic (exact) mass is 390 g/mol. The lowest BCUT2D eigenvalue weighted by molar-refractivity contribution is 0.0376. The van der Waals surface area contributed by atoms with Crippen LogP contribution in [-0.2, 0) is 4.74 Å². The van der Waals surface area contributed by atoms with Crippen LogP contribution in [0.2, 0.25) is 0 Å². The molecule has 26 heavy (non-hydrogen) atoms. The summed E-state index contributed by atoms with van der Waals surface area (Å²) in [6.07, 6.45) is 3.42. The van der Waals surface area contributed by atoms with E-state index in [0.717, 1.165) is 69.4 Å². The van der Waals surface area contributed by atoms with Crippen molar-refractivity contribution in [1.82, 2.24) is 20.1 Å². The van der Waals surface area contributed by atoms with Gasteiger partial charge in [0.05, 0.1) is 29.5 Å². The second-order valence-electron chi connectivity index (χ2n) is 6.91. The smallest absolute Gasteiger partial charge is 0.169 e. The van der Waals surface area contributed by atoms with E-state index in [1.165, 1.54) is 16.1 Å². The molecule has 1 aromatic heterocycles. The van der Waals surface area contributed by atoms with E-state index in [2.05, 4.69) is 39.4 Å². The summed E-state index contributed by atoms with van der Waals surface area (Å²) in [6, 6.07) is 8.71. The van der Waals surface area contributed by atoms with Gasteiger partial charge in [-0.1, -0.05) is 12.1 Å². The Morgan fingerprint density at radius 2 is 2.12 bits per heavy atom. The summed E-state index contributed by atoms with van der Waals surface area (Å²) in [5.74, 6) is 0. The van der Waals surface area contributed by atoms with Crippen molar-refractivity contribution >= 4 is 38.9 Å². The number of rotatable bonds is 5. The number of thiazole rings is 1.